The van der Waals surface area contributed by atoms with Crippen molar-refractivity contribution in [2.75, 3.05) is 6.61 Å². The third-order valence-corrected chi connectivity index (χ3v) is 4.10. The number of aliphatic hydroxyl groups excluding tert-OH is 3. The van der Waals surface area contributed by atoms with Crippen LogP contribution in [0.4, 0.5) is 0 Å². The number of unbranched alkanes of at least 4 members (excludes halogenated alkanes) is 8. The number of hydrogen-bond acceptors (Lipinski definition) is 5. The fourth-order valence-corrected chi connectivity index (χ4v) is 2.44. The summed E-state index contributed by atoms with van der Waals surface area (Å²) in [6, 6.07) is 0. The number of hydrogen-bond donors (Lipinski definition) is 3. The highest BCUT2D eigenvalue weighted by Crippen LogP contribution is 2.09. The Labute approximate surface area is 158 Å². The summed E-state index contributed by atoms with van der Waals surface area (Å²) in [4.78, 5) is 11.4. The van der Waals surface area contributed by atoms with Crippen LogP contribution in [0.1, 0.15) is 84.0 Å². The van der Waals surface area contributed by atoms with E-state index in [-0.39, 0.29) is 6.42 Å². The van der Waals surface area contributed by atoms with Gasteiger partial charge in [0.15, 0.2) is 0 Å². The third-order valence-electron chi connectivity index (χ3n) is 4.10. The van der Waals surface area contributed by atoms with E-state index in [0.29, 0.717) is 6.42 Å². The first-order valence-electron chi connectivity index (χ1n) is 10.1. The van der Waals surface area contributed by atoms with E-state index in [0.717, 1.165) is 38.5 Å². The van der Waals surface area contributed by atoms with Gasteiger partial charge in [0.05, 0.1) is 6.61 Å². The summed E-state index contributed by atoms with van der Waals surface area (Å²) in [7, 11) is 0. The van der Waals surface area contributed by atoms with Crippen LogP contribution >= 0.6 is 0 Å². The molecule has 26 heavy (non-hydrogen) atoms. The van der Waals surface area contributed by atoms with Crippen molar-refractivity contribution >= 4 is 5.97 Å². The topological polar surface area (TPSA) is 87.0 Å². The van der Waals surface area contributed by atoms with Gasteiger partial charge < -0.3 is 20.1 Å². The molecule has 0 spiro atoms. The maximum Gasteiger partial charge on any atom is 0.308 e. The lowest BCUT2D eigenvalue weighted by Crippen LogP contribution is -2.33. The predicted octanol–water partition coefficient (Wildman–Crippen LogP) is 4.01. The van der Waals surface area contributed by atoms with E-state index < -0.39 is 25.0 Å². The van der Waals surface area contributed by atoms with E-state index in [4.69, 9.17) is 10.2 Å². The molecule has 2 unspecified atom stereocenters. The van der Waals surface area contributed by atoms with Gasteiger partial charge in [0.1, 0.15) is 6.10 Å². The van der Waals surface area contributed by atoms with Crippen LogP contribution < -0.4 is 0 Å². The van der Waals surface area contributed by atoms with Crippen molar-refractivity contribution in [1.29, 1.82) is 0 Å². The average Bonchev–Trinajstić information content (AvgIpc) is 2.64. The van der Waals surface area contributed by atoms with E-state index in [1.54, 1.807) is 0 Å². The van der Waals surface area contributed by atoms with Gasteiger partial charge in [-0.1, -0.05) is 63.3 Å². The number of esters is 1. The van der Waals surface area contributed by atoms with Crippen LogP contribution in [0.2, 0.25) is 0 Å². The molecule has 0 fully saturated rings. The molecule has 2 atom stereocenters. The molecule has 152 valence electrons. The molecule has 0 aromatic heterocycles. The Bertz CT molecular complexity index is 379. The SMILES string of the molecule is CCCCC/C=C\C/C=C\CCCCCCCC(=O)OC(O)C(O)CO. The smallest absolute Gasteiger partial charge is 0.308 e. The van der Waals surface area contributed by atoms with Crippen molar-refractivity contribution in [1.82, 2.24) is 0 Å². The van der Waals surface area contributed by atoms with Crippen LogP contribution in [0.5, 0.6) is 0 Å². The van der Waals surface area contributed by atoms with Crippen molar-refractivity contribution in [2.45, 2.75) is 96.4 Å². The summed E-state index contributed by atoms with van der Waals surface area (Å²) in [5.74, 6) is -0.546. The van der Waals surface area contributed by atoms with Crippen molar-refractivity contribution in [3.63, 3.8) is 0 Å². The lowest BCUT2D eigenvalue weighted by Gasteiger charge is -2.15. The molecule has 0 saturated heterocycles. The first kappa shape index (κ1) is 24.8. The zero-order valence-corrected chi connectivity index (χ0v) is 16.3. The van der Waals surface area contributed by atoms with Crippen LogP contribution in [0.3, 0.4) is 0 Å². The highest BCUT2D eigenvalue weighted by atomic mass is 16.6. The molecular formula is C21H38O5. The van der Waals surface area contributed by atoms with Gasteiger partial charge in [-0.2, -0.15) is 0 Å². The van der Waals surface area contributed by atoms with Crippen LogP contribution in [-0.2, 0) is 9.53 Å². The van der Waals surface area contributed by atoms with Gasteiger partial charge in [-0.05, 0) is 38.5 Å². The van der Waals surface area contributed by atoms with E-state index in [2.05, 4.69) is 36.0 Å². The standard InChI is InChI=1S/C21H38O5/c1-2-3-4-5-6-7-8-9-10-11-12-13-14-15-16-17-20(24)26-21(25)19(23)18-22/h6-7,9-10,19,21-23,25H,2-5,8,11-18H2,1H3/b7-6-,10-9-. The summed E-state index contributed by atoms with van der Waals surface area (Å²) in [6.45, 7) is 1.58. The van der Waals surface area contributed by atoms with Gasteiger partial charge in [0, 0.05) is 6.42 Å². The number of rotatable bonds is 17. The average molecular weight is 371 g/mol. The molecule has 5 heteroatoms. The maximum atomic E-state index is 11.4. The number of allylic oxidation sites excluding steroid dienone is 4. The Kier molecular flexibility index (Phi) is 17.8. The number of carbonyl (C=O) groups excluding carboxylic acids is 1. The van der Waals surface area contributed by atoms with E-state index in [1.165, 1.54) is 25.7 Å². The Balaban J connectivity index is 3.40. The molecule has 0 amide bonds. The molecule has 0 bridgehead atoms. The van der Waals surface area contributed by atoms with Crippen molar-refractivity contribution in [3.05, 3.63) is 24.3 Å². The Morgan fingerprint density at radius 1 is 0.885 bits per heavy atom. The summed E-state index contributed by atoms with van der Waals surface area (Å²) in [6.07, 6.45) is 18.3. The minimum atomic E-state index is -1.65. The Morgan fingerprint density at radius 3 is 2.08 bits per heavy atom. The first-order valence-corrected chi connectivity index (χ1v) is 10.1. The zero-order chi connectivity index (χ0) is 19.5. The largest absolute Gasteiger partial charge is 0.433 e. The Morgan fingerprint density at radius 2 is 1.46 bits per heavy atom. The molecular weight excluding hydrogens is 332 g/mol. The molecule has 0 aromatic carbocycles. The van der Waals surface area contributed by atoms with E-state index in [9.17, 15) is 9.90 Å². The summed E-state index contributed by atoms with van der Waals surface area (Å²) in [5.41, 5.74) is 0. The number of aliphatic hydroxyl groups is 3. The molecule has 0 radical (unpaired) electrons. The second kappa shape index (κ2) is 18.6. The zero-order valence-electron chi connectivity index (χ0n) is 16.3. The van der Waals surface area contributed by atoms with Gasteiger partial charge in [0.25, 0.3) is 0 Å². The first-order chi connectivity index (χ1) is 12.6. The second-order valence-corrected chi connectivity index (χ2v) is 6.61. The van der Waals surface area contributed by atoms with E-state index >= 15 is 0 Å². The van der Waals surface area contributed by atoms with Crippen molar-refractivity contribution < 1.29 is 24.9 Å². The molecule has 0 rings (SSSR count). The quantitative estimate of drug-likeness (QED) is 0.156. The van der Waals surface area contributed by atoms with Crippen molar-refractivity contribution in [2.24, 2.45) is 0 Å². The highest BCUT2D eigenvalue weighted by Gasteiger charge is 2.19. The Hall–Kier alpha value is -1.17. The van der Waals surface area contributed by atoms with E-state index in [1.807, 2.05) is 0 Å². The van der Waals surface area contributed by atoms with Crippen molar-refractivity contribution in [3.8, 4) is 0 Å². The molecule has 0 heterocycles. The second-order valence-electron chi connectivity index (χ2n) is 6.61. The van der Waals surface area contributed by atoms with Gasteiger partial charge in [-0.15, -0.1) is 0 Å². The predicted molar refractivity (Wildman–Crippen MR) is 105 cm³/mol. The fourth-order valence-electron chi connectivity index (χ4n) is 2.44. The number of carbonyl (C=O) groups is 1. The molecule has 3 N–H and O–H groups in total. The molecule has 0 aliphatic heterocycles. The minimum Gasteiger partial charge on any atom is -0.433 e. The molecule has 0 aliphatic carbocycles. The fraction of sp³-hybridized carbons (Fsp3) is 0.762. The molecule has 0 aliphatic rings. The minimum absolute atomic E-state index is 0.222. The van der Waals surface area contributed by atoms with Gasteiger partial charge in [-0.25, -0.2) is 0 Å². The molecule has 0 saturated carbocycles. The van der Waals surface area contributed by atoms with Crippen LogP contribution in [0, 0.1) is 0 Å². The summed E-state index contributed by atoms with van der Waals surface area (Å²) < 4.78 is 4.61. The lowest BCUT2D eigenvalue weighted by atomic mass is 10.1. The van der Waals surface area contributed by atoms with Gasteiger partial charge in [-0.3, -0.25) is 4.79 Å². The maximum absolute atomic E-state index is 11.4. The summed E-state index contributed by atoms with van der Waals surface area (Å²) in [5, 5.41) is 27.0. The highest BCUT2D eigenvalue weighted by molar-refractivity contribution is 5.69. The lowest BCUT2D eigenvalue weighted by molar-refractivity contribution is -0.190. The number of ether oxygens (including phenoxy) is 1. The van der Waals surface area contributed by atoms with Crippen LogP contribution in [0.15, 0.2) is 24.3 Å². The normalized spacial score (nSPS) is 14.2. The third kappa shape index (κ3) is 16.3. The molecule has 0 aromatic rings. The monoisotopic (exact) mass is 370 g/mol. The molecule has 5 nitrogen and oxygen atoms in total. The van der Waals surface area contributed by atoms with Gasteiger partial charge >= 0.3 is 5.97 Å². The summed E-state index contributed by atoms with van der Waals surface area (Å²) >= 11 is 0. The van der Waals surface area contributed by atoms with Crippen LogP contribution in [0.25, 0.3) is 0 Å². The van der Waals surface area contributed by atoms with Crippen LogP contribution in [-0.4, -0.2) is 40.3 Å². The van der Waals surface area contributed by atoms with Gasteiger partial charge in [0.2, 0.25) is 6.29 Å².